The molecule has 0 radical (unpaired) electrons. The Kier molecular flexibility index (Phi) is 1.91. The molecule has 2 unspecified atom stereocenters. The zero-order chi connectivity index (χ0) is 11.3. The van der Waals surface area contributed by atoms with E-state index in [1.807, 2.05) is 0 Å². The van der Waals surface area contributed by atoms with E-state index in [1.165, 1.54) is 49.8 Å². The summed E-state index contributed by atoms with van der Waals surface area (Å²) in [4.78, 5) is 0. The highest BCUT2D eigenvalue weighted by Crippen LogP contribution is 2.56. The summed E-state index contributed by atoms with van der Waals surface area (Å²) in [5.74, 6) is 0. The van der Waals surface area contributed by atoms with E-state index in [4.69, 9.17) is 5.10 Å². The molecule has 0 bridgehead atoms. The summed E-state index contributed by atoms with van der Waals surface area (Å²) in [5.41, 5.74) is 3.07. The van der Waals surface area contributed by atoms with Crippen molar-refractivity contribution in [3.05, 3.63) is 35.9 Å². The highest BCUT2D eigenvalue weighted by atomic mass is 15.6. The zero-order valence-electron chi connectivity index (χ0n) is 10.1. The van der Waals surface area contributed by atoms with Crippen LogP contribution in [0.4, 0.5) is 0 Å². The molecule has 2 aliphatic heterocycles. The van der Waals surface area contributed by atoms with Gasteiger partial charge in [-0.3, -0.25) is 5.01 Å². The van der Waals surface area contributed by atoms with E-state index >= 15 is 0 Å². The maximum atomic E-state index is 4.86. The lowest BCUT2D eigenvalue weighted by Gasteiger charge is -2.09. The monoisotopic (exact) mass is 226 g/mol. The second-order valence-electron chi connectivity index (χ2n) is 5.65. The molecule has 88 valence electrons. The fraction of sp³-hybridized carbons (Fsp3) is 0.533. The molecule has 2 atom stereocenters. The molecule has 2 nitrogen and oxygen atoms in total. The van der Waals surface area contributed by atoms with Gasteiger partial charge >= 0.3 is 0 Å². The molecule has 0 aromatic heterocycles. The van der Waals surface area contributed by atoms with Gasteiger partial charge in [0, 0.05) is 6.42 Å². The summed E-state index contributed by atoms with van der Waals surface area (Å²) >= 11 is 0. The van der Waals surface area contributed by atoms with Crippen LogP contribution in [-0.4, -0.2) is 22.3 Å². The van der Waals surface area contributed by atoms with Crippen molar-refractivity contribution in [1.29, 1.82) is 0 Å². The van der Waals surface area contributed by atoms with Crippen molar-refractivity contribution < 1.29 is 0 Å². The van der Waals surface area contributed by atoms with Crippen molar-refractivity contribution in [2.24, 2.45) is 5.10 Å². The fourth-order valence-electron chi connectivity index (χ4n) is 3.74. The van der Waals surface area contributed by atoms with Gasteiger partial charge in [-0.25, -0.2) is 0 Å². The molecule has 1 saturated carbocycles. The third-order valence-electron chi connectivity index (χ3n) is 4.70. The van der Waals surface area contributed by atoms with Crippen LogP contribution in [0.2, 0.25) is 0 Å². The number of fused-ring (bicyclic) bond motifs is 1. The Morgan fingerprint density at radius 1 is 1.12 bits per heavy atom. The van der Waals surface area contributed by atoms with Gasteiger partial charge in [-0.2, -0.15) is 5.10 Å². The van der Waals surface area contributed by atoms with E-state index in [0.717, 1.165) is 6.04 Å². The summed E-state index contributed by atoms with van der Waals surface area (Å²) in [6, 6.07) is 11.4. The first-order chi connectivity index (χ1) is 8.40. The van der Waals surface area contributed by atoms with Crippen molar-refractivity contribution in [2.45, 2.75) is 50.1 Å². The lowest BCUT2D eigenvalue weighted by Crippen LogP contribution is -2.17. The third-order valence-corrected chi connectivity index (χ3v) is 4.70. The number of rotatable bonds is 1. The van der Waals surface area contributed by atoms with E-state index in [0.29, 0.717) is 5.54 Å². The van der Waals surface area contributed by atoms with Gasteiger partial charge in [-0.1, -0.05) is 49.6 Å². The van der Waals surface area contributed by atoms with Gasteiger partial charge in [-0.15, -0.1) is 0 Å². The van der Waals surface area contributed by atoms with Gasteiger partial charge in [0.2, 0.25) is 0 Å². The van der Waals surface area contributed by atoms with Gasteiger partial charge in [0.25, 0.3) is 0 Å². The predicted molar refractivity (Wildman–Crippen MR) is 69.0 cm³/mol. The average molecular weight is 226 g/mol. The molecule has 2 fully saturated rings. The van der Waals surface area contributed by atoms with E-state index < -0.39 is 0 Å². The van der Waals surface area contributed by atoms with Crippen LogP contribution in [0.15, 0.2) is 35.4 Å². The van der Waals surface area contributed by atoms with Crippen molar-refractivity contribution in [2.75, 3.05) is 0 Å². The van der Waals surface area contributed by atoms with E-state index in [1.54, 1.807) is 0 Å². The van der Waals surface area contributed by atoms with Crippen LogP contribution in [0.1, 0.15) is 44.1 Å². The van der Waals surface area contributed by atoms with Gasteiger partial charge in [0.05, 0.1) is 17.3 Å². The standard InChI is InChI=1S/C15H18N2/c1-3-7-12(8-4-1)13-11-15-10-6-2-5-9-14(15)17(15)16-13/h1,3-4,7-8,14H,2,5-6,9-11H2. The van der Waals surface area contributed by atoms with E-state index in [2.05, 4.69) is 35.3 Å². The average Bonchev–Trinajstić information content (AvgIpc) is 2.87. The number of nitrogens with zero attached hydrogens (tertiary/aromatic N) is 2. The molecule has 3 aliphatic rings. The minimum Gasteiger partial charge on any atom is -0.283 e. The topological polar surface area (TPSA) is 15.4 Å². The Balaban J connectivity index is 1.62. The lowest BCUT2D eigenvalue weighted by atomic mass is 9.91. The predicted octanol–water partition coefficient (Wildman–Crippen LogP) is 3.18. The second-order valence-corrected chi connectivity index (χ2v) is 5.65. The third kappa shape index (κ3) is 1.30. The molecule has 2 heteroatoms. The number of hydrogen-bond acceptors (Lipinski definition) is 2. The maximum absolute atomic E-state index is 4.86. The molecule has 1 saturated heterocycles. The van der Waals surface area contributed by atoms with Crippen LogP contribution in [0.25, 0.3) is 0 Å². The molecule has 17 heavy (non-hydrogen) atoms. The molecule has 4 rings (SSSR count). The van der Waals surface area contributed by atoms with Crippen LogP contribution in [0.5, 0.6) is 0 Å². The molecule has 1 spiro atoms. The lowest BCUT2D eigenvalue weighted by molar-refractivity contribution is 0.410. The second kappa shape index (κ2) is 3.34. The van der Waals surface area contributed by atoms with Gasteiger partial charge in [-0.05, 0) is 18.4 Å². The van der Waals surface area contributed by atoms with Crippen molar-refractivity contribution in [3.63, 3.8) is 0 Å². The van der Waals surface area contributed by atoms with E-state index in [9.17, 15) is 0 Å². The van der Waals surface area contributed by atoms with Crippen LogP contribution >= 0.6 is 0 Å². The molecule has 0 amide bonds. The Hall–Kier alpha value is -1.31. The molecule has 1 aromatic rings. The van der Waals surface area contributed by atoms with Gasteiger partial charge in [0.15, 0.2) is 0 Å². The first kappa shape index (κ1) is 9.69. The normalized spacial score (nSPS) is 34.7. The van der Waals surface area contributed by atoms with E-state index in [-0.39, 0.29) is 0 Å². The number of hydrogen-bond donors (Lipinski definition) is 0. The number of benzene rings is 1. The van der Waals surface area contributed by atoms with Crippen molar-refractivity contribution >= 4 is 5.71 Å². The molecule has 1 aliphatic carbocycles. The first-order valence-corrected chi connectivity index (χ1v) is 6.82. The largest absolute Gasteiger partial charge is 0.283 e. The van der Waals surface area contributed by atoms with Crippen LogP contribution in [-0.2, 0) is 0 Å². The van der Waals surface area contributed by atoms with Crippen LogP contribution < -0.4 is 0 Å². The highest BCUT2D eigenvalue weighted by Gasteiger charge is 2.65. The molecule has 1 aromatic carbocycles. The summed E-state index contributed by atoms with van der Waals surface area (Å²) in [5, 5.41) is 7.27. The molecular weight excluding hydrogens is 208 g/mol. The van der Waals surface area contributed by atoms with Gasteiger partial charge in [0.1, 0.15) is 0 Å². The SMILES string of the molecule is c1ccc(C2=NN3C4CCCCCC43C2)cc1. The van der Waals surface area contributed by atoms with Crippen molar-refractivity contribution in [3.8, 4) is 0 Å². The Morgan fingerprint density at radius 2 is 2.00 bits per heavy atom. The minimum absolute atomic E-state index is 0.446. The van der Waals surface area contributed by atoms with Gasteiger partial charge < -0.3 is 0 Å². The summed E-state index contributed by atoms with van der Waals surface area (Å²) < 4.78 is 0. The minimum atomic E-state index is 0.446. The highest BCUT2D eigenvalue weighted by molar-refractivity contribution is 6.03. The first-order valence-electron chi connectivity index (χ1n) is 6.82. The zero-order valence-corrected chi connectivity index (χ0v) is 10.1. The van der Waals surface area contributed by atoms with Crippen LogP contribution in [0.3, 0.4) is 0 Å². The summed E-state index contributed by atoms with van der Waals surface area (Å²) in [7, 11) is 0. The summed E-state index contributed by atoms with van der Waals surface area (Å²) in [6.07, 6.45) is 8.13. The Bertz CT molecular complexity index is 465. The molecule has 2 heterocycles. The molecular formula is C15H18N2. The quantitative estimate of drug-likeness (QED) is 0.671. The maximum Gasteiger partial charge on any atom is 0.0858 e. The summed E-state index contributed by atoms with van der Waals surface area (Å²) in [6.45, 7) is 0. The van der Waals surface area contributed by atoms with Crippen molar-refractivity contribution in [1.82, 2.24) is 5.01 Å². The molecule has 0 N–H and O–H groups in total. The van der Waals surface area contributed by atoms with Crippen LogP contribution in [0, 0.1) is 0 Å². The smallest absolute Gasteiger partial charge is 0.0858 e. The Labute approximate surface area is 102 Å². The fourth-order valence-corrected chi connectivity index (χ4v) is 3.74. The Morgan fingerprint density at radius 3 is 2.88 bits per heavy atom. The number of hydrazone groups is 1.